The minimum atomic E-state index is -0.652. The summed E-state index contributed by atoms with van der Waals surface area (Å²) in [6.07, 6.45) is 4.53. The normalized spacial score (nSPS) is 27.8. The Morgan fingerprint density at radius 3 is 2.57 bits per heavy atom. The quantitative estimate of drug-likeness (QED) is 0.719. The molecule has 2 rings (SSSR count). The second-order valence-corrected chi connectivity index (χ2v) is 5.25. The van der Waals surface area contributed by atoms with Crippen molar-refractivity contribution in [2.24, 2.45) is 11.1 Å². The fraction of sp³-hybridized carbons (Fsp3) is 0.909. The summed E-state index contributed by atoms with van der Waals surface area (Å²) >= 11 is 0. The lowest BCUT2D eigenvalue weighted by atomic mass is 9.99. The van der Waals surface area contributed by atoms with Crippen molar-refractivity contribution in [3.8, 4) is 0 Å². The van der Waals surface area contributed by atoms with E-state index in [1.807, 2.05) is 18.7 Å². The highest BCUT2D eigenvalue weighted by Crippen LogP contribution is 2.52. The zero-order valence-electron chi connectivity index (χ0n) is 9.18. The molecule has 80 valence electrons. The van der Waals surface area contributed by atoms with E-state index in [1.165, 1.54) is 19.3 Å². The molecule has 0 aromatic heterocycles. The van der Waals surface area contributed by atoms with Crippen molar-refractivity contribution in [3.05, 3.63) is 0 Å². The third kappa shape index (κ3) is 1.54. The lowest BCUT2D eigenvalue weighted by Gasteiger charge is -2.28. The van der Waals surface area contributed by atoms with E-state index < -0.39 is 5.54 Å². The summed E-state index contributed by atoms with van der Waals surface area (Å²) in [4.78, 5) is 14.0. The highest BCUT2D eigenvalue weighted by molar-refractivity contribution is 5.86. The number of carbonyl (C=O) groups is 1. The summed E-state index contributed by atoms with van der Waals surface area (Å²) in [5, 5.41) is 0. The minimum Gasteiger partial charge on any atom is -0.341 e. The van der Waals surface area contributed by atoms with Crippen LogP contribution in [0.5, 0.6) is 0 Å². The number of carbonyl (C=O) groups excluding carboxylic acids is 1. The molecule has 1 unspecified atom stereocenters. The van der Waals surface area contributed by atoms with Crippen LogP contribution in [-0.4, -0.2) is 29.4 Å². The summed E-state index contributed by atoms with van der Waals surface area (Å²) in [5.41, 5.74) is 5.82. The van der Waals surface area contributed by atoms with E-state index in [0.717, 1.165) is 19.5 Å². The van der Waals surface area contributed by atoms with Crippen LogP contribution in [0.15, 0.2) is 0 Å². The zero-order valence-corrected chi connectivity index (χ0v) is 9.18. The van der Waals surface area contributed by atoms with Gasteiger partial charge in [0.05, 0.1) is 5.54 Å². The Kier molecular flexibility index (Phi) is 2.11. The van der Waals surface area contributed by atoms with E-state index in [-0.39, 0.29) is 5.91 Å². The Labute approximate surface area is 85.6 Å². The largest absolute Gasteiger partial charge is 0.341 e. The lowest BCUT2D eigenvalue weighted by molar-refractivity contribution is -0.135. The summed E-state index contributed by atoms with van der Waals surface area (Å²) in [5.74, 6) is 0.142. The first-order valence-electron chi connectivity index (χ1n) is 5.57. The Morgan fingerprint density at radius 1 is 1.50 bits per heavy atom. The molecule has 0 aromatic rings. The van der Waals surface area contributed by atoms with Gasteiger partial charge in [0.1, 0.15) is 0 Å². The standard InChI is InChI=1S/C11H20N2O/c1-3-10(2,12)9(14)13-7-6-11(8-13)4-5-11/h3-8,12H2,1-2H3. The molecule has 14 heavy (non-hydrogen) atoms. The Morgan fingerprint density at radius 2 is 2.14 bits per heavy atom. The number of nitrogens with two attached hydrogens (primary N) is 1. The molecule has 1 spiro atoms. The highest BCUT2D eigenvalue weighted by atomic mass is 16.2. The molecule has 2 N–H and O–H groups in total. The topological polar surface area (TPSA) is 46.3 Å². The first-order chi connectivity index (χ1) is 6.49. The summed E-state index contributed by atoms with van der Waals surface area (Å²) < 4.78 is 0. The van der Waals surface area contributed by atoms with Crippen LogP contribution in [0.4, 0.5) is 0 Å². The summed E-state index contributed by atoms with van der Waals surface area (Å²) in [6, 6.07) is 0. The van der Waals surface area contributed by atoms with Crippen molar-refractivity contribution in [3.63, 3.8) is 0 Å². The molecule has 1 heterocycles. The van der Waals surface area contributed by atoms with Crippen LogP contribution < -0.4 is 5.73 Å². The summed E-state index contributed by atoms with van der Waals surface area (Å²) in [7, 11) is 0. The molecule has 2 fully saturated rings. The molecule has 0 bridgehead atoms. The van der Waals surface area contributed by atoms with Crippen LogP contribution in [-0.2, 0) is 4.79 Å². The molecule has 0 radical (unpaired) electrons. The second-order valence-electron chi connectivity index (χ2n) is 5.25. The third-order valence-corrected chi connectivity index (χ3v) is 3.91. The number of hydrogen-bond acceptors (Lipinski definition) is 2. The smallest absolute Gasteiger partial charge is 0.242 e. The SMILES string of the molecule is CCC(C)(N)C(=O)N1CCC2(CC2)C1. The predicted molar refractivity (Wildman–Crippen MR) is 55.7 cm³/mol. The molecular weight excluding hydrogens is 176 g/mol. The van der Waals surface area contributed by atoms with Gasteiger partial charge in [-0.25, -0.2) is 0 Å². The van der Waals surface area contributed by atoms with E-state index in [2.05, 4.69) is 0 Å². The molecular formula is C11H20N2O. The molecule has 3 nitrogen and oxygen atoms in total. The number of likely N-dealkylation sites (tertiary alicyclic amines) is 1. The highest BCUT2D eigenvalue weighted by Gasteiger charge is 2.50. The first kappa shape index (κ1) is 9.97. The Bertz CT molecular complexity index is 256. The molecule has 1 amide bonds. The minimum absolute atomic E-state index is 0.142. The van der Waals surface area contributed by atoms with Gasteiger partial charge < -0.3 is 10.6 Å². The van der Waals surface area contributed by atoms with Crippen LogP contribution in [0.1, 0.15) is 39.5 Å². The fourth-order valence-electron chi connectivity index (χ4n) is 2.21. The Hall–Kier alpha value is -0.570. The third-order valence-electron chi connectivity index (χ3n) is 3.91. The predicted octanol–water partition coefficient (Wildman–Crippen LogP) is 1.13. The van der Waals surface area contributed by atoms with Gasteiger partial charge in [0, 0.05) is 13.1 Å². The molecule has 3 heteroatoms. The van der Waals surface area contributed by atoms with Gasteiger partial charge >= 0.3 is 0 Å². The summed E-state index contributed by atoms with van der Waals surface area (Å²) in [6.45, 7) is 5.69. The van der Waals surface area contributed by atoms with Gasteiger partial charge in [-0.15, -0.1) is 0 Å². The van der Waals surface area contributed by atoms with Crippen molar-refractivity contribution in [1.29, 1.82) is 0 Å². The van der Waals surface area contributed by atoms with Gasteiger partial charge in [-0.3, -0.25) is 4.79 Å². The van der Waals surface area contributed by atoms with Crippen LogP contribution in [0.2, 0.25) is 0 Å². The molecule has 1 atom stereocenters. The molecule has 1 aliphatic heterocycles. The van der Waals surface area contributed by atoms with Crippen molar-refractivity contribution in [2.75, 3.05) is 13.1 Å². The molecule has 1 saturated heterocycles. The molecule has 2 aliphatic rings. The lowest BCUT2D eigenvalue weighted by Crippen LogP contribution is -2.52. The monoisotopic (exact) mass is 196 g/mol. The maximum Gasteiger partial charge on any atom is 0.242 e. The average Bonchev–Trinajstić information content (AvgIpc) is 2.76. The van der Waals surface area contributed by atoms with Crippen LogP contribution >= 0.6 is 0 Å². The van der Waals surface area contributed by atoms with E-state index in [0.29, 0.717) is 5.41 Å². The number of hydrogen-bond donors (Lipinski definition) is 1. The van der Waals surface area contributed by atoms with E-state index in [4.69, 9.17) is 5.73 Å². The van der Waals surface area contributed by atoms with Gasteiger partial charge in [0.25, 0.3) is 0 Å². The maximum atomic E-state index is 12.0. The number of nitrogens with zero attached hydrogens (tertiary/aromatic N) is 1. The number of amides is 1. The Balaban J connectivity index is 1.99. The van der Waals surface area contributed by atoms with Crippen molar-refractivity contribution < 1.29 is 4.79 Å². The van der Waals surface area contributed by atoms with Gasteiger partial charge in [-0.1, -0.05) is 6.92 Å². The van der Waals surface area contributed by atoms with Crippen molar-refractivity contribution in [1.82, 2.24) is 4.90 Å². The van der Waals surface area contributed by atoms with Crippen LogP contribution in [0, 0.1) is 5.41 Å². The van der Waals surface area contributed by atoms with E-state index in [1.54, 1.807) is 0 Å². The second kappa shape index (κ2) is 2.96. The van der Waals surface area contributed by atoms with Gasteiger partial charge in [-0.05, 0) is 38.0 Å². The van der Waals surface area contributed by atoms with Gasteiger partial charge in [0.15, 0.2) is 0 Å². The van der Waals surface area contributed by atoms with E-state index in [9.17, 15) is 4.79 Å². The van der Waals surface area contributed by atoms with Crippen LogP contribution in [0.3, 0.4) is 0 Å². The van der Waals surface area contributed by atoms with Crippen LogP contribution in [0.25, 0.3) is 0 Å². The zero-order chi connectivity index (χ0) is 10.4. The first-order valence-corrected chi connectivity index (χ1v) is 5.57. The van der Waals surface area contributed by atoms with E-state index >= 15 is 0 Å². The molecule has 1 aliphatic carbocycles. The fourth-order valence-corrected chi connectivity index (χ4v) is 2.21. The molecule has 0 aromatic carbocycles. The average molecular weight is 196 g/mol. The van der Waals surface area contributed by atoms with Gasteiger partial charge in [0.2, 0.25) is 5.91 Å². The molecule has 1 saturated carbocycles. The van der Waals surface area contributed by atoms with Crippen molar-refractivity contribution >= 4 is 5.91 Å². The van der Waals surface area contributed by atoms with Crippen molar-refractivity contribution in [2.45, 2.75) is 45.1 Å². The van der Waals surface area contributed by atoms with Gasteiger partial charge in [-0.2, -0.15) is 0 Å². The maximum absolute atomic E-state index is 12.0. The number of rotatable bonds is 2.